The topological polar surface area (TPSA) is 66.9 Å². The van der Waals surface area contributed by atoms with Gasteiger partial charge in [0.1, 0.15) is 5.82 Å². The number of imidazole rings is 1. The normalized spacial score (nSPS) is 18.0. The molecule has 124 valence electrons. The fraction of sp³-hybridized carbons (Fsp3) is 0.389. The Bertz CT molecular complexity index is 781. The quantitative estimate of drug-likeness (QED) is 0.799. The summed E-state index contributed by atoms with van der Waals surface area (Å²) in [4.78, 5) is 10.5. The Balaban J connectivity index is 1.52. The molecular weight excluding hydrogens is 302 g/mol. The Morgan fingerprint density at radius 2 is 2.12 bits per heavy atom. The average Bonchev–Trinajstić information content (AvgIpc) is 3.07. The van der Waals surface area contributed by atoms with E-state index >= 15 is 0 Å². The zero-order valence-corrected chi connectivity index (χ0v) is 13.8. The maximum atomic E-state index is 5.37. The SMILES string of the molecule is CCOc1ccc(N2CCC[C@H](c3nc4ccccc4[nH]3)C2)nn1. The first kappa shape index (κ1) is 14.9. The molecule has 4 rings (SSSR count). The van der Waals surface area contributed by atoms with E-state index in [1.807, 2.05) is 37.3 Å². The van der Waals surface area contributed by atoms with Crippen LogP contribution in [0, 0.1) is 0 Å². The molecular formula is C18H21N5O. The molecule has 1 N–H and O–H groups in total. The van der Waals surface area contributed by atoms with Crippen molar-refractivity contribution >= 4 is 16.9 Å². The minimum absolute atomic E-state index is 0.388. The first-order valence-corrected chi connectivity index (χ1v) is 8.49. The highest BCUT2D eigenvalue weighted by molar-refractivity contribution is 5.74. The largest absolute Gasteiger partial charge is 0.477 e. The monoisotopic (exact) mass is 323 g/mol. The van der Waals surface area contributed by atoms with Crippen molar-refractivity contribution in [3.63, 3.8) is 0 Å². The molecule has 0 unspecified atom stereocenters. The lowest BCUT2D eigenvalue weighted by atomic mass is 9.97. The van der Waals surface area contributed by atoms with Gasteiger partial charge in [-0.25, -0.2) is 4.98 Å². The Labute approximate surface area is 140 Å². The molecule has 1 aromatic carbocycles. The Morgan fingerprint density at radius 1 is 1.21 bits per heavy atom. The second kappa shape index (κ2) is 6.47. The van der Waals surface area contributed by atoms with E-state index in [1.165, 1.54) is 0 Å². The zero-order valence-electron chi connectivity index (χ0n) is 13.8. The summed E-state index contributed by atoms with van der Waals surface area (Å²) < 4.78 is 5.37. The molecule has 2 aromatic heterocycles. The summed E-state index contributed by atoms with van der Waals surface area (Å²) in [6.45, 7) is 4.45. The maximum Gasteiger partial charge on any atom is 0.233 e. The molecule has 3 aromatic rings. The summed E-state index contributed by atoms with van der Waals surface area (Å²) in [5.74, 6) is 2.94. The summed E-state index contributed by atoms with van der Waals surface area (Å²) in [5, 5.41) is 8.45. The molecule has 1 atom stereocenters. The second-order valence-corrected chi connectivity index (χ2v) is 6.09. The van der Waals surface area contributed by atoms with Crippen molar-refractivity contribution in [1.29, 1.82) is 0 Å². The van der Waals surface area contributed by atoms with Crippen LogP contribution in [0.15, 0.2) is 36.4 Å². The fourth-order valence-electron chi connectivity index (χ4n) is 3.28. The van der Waals surface area contributed by atoms with Gasteiger partial charge in [-0.3, -0.25) is 0 Å². The molecule has 1 fully saturated rings. The molecule has 1 aliphatic heterocycles. The number of hydrogen-bond donors (Lipinski definition) is 1. The van der Waals surface area contributed by atoms with Gasteiger partial charge in [0.2, 0.25) is 5.88 Å². The number of anilines is 1. The molecule has 0 radical (unpaired) electrons. The predicted octanol–water partition coefficient (Wildman–Crippen LogP) is 3.14. The molecule has 3 heterocycles. The highest BCUT2D eigenvalue weighted by Crippen LogP contribution is 2.29. The van der Waals surface area contributed by atoms with E-state index in [9.17, 15) is 0 Å². The molecule has 24 heavy (non-hydrogen) atoms. The minimum Gasteiger partial charge on any atom is -0.477 e. The first-order chi connectivity index (χ1) is 11.8. The summed E-state index contributed by atoms with van der Waals surface area (Å²) in [5.41, 5.74) is 2.14. The number of fused-ring (bicyclic) bond motifs is 1. The third-order valence-corrected chi connectivity index (χ3v) is 4.46. The highest BCUT2D eigenvalue weighted by Gasteiger charge is 2.25. The van der Waals surface area contributed by atoms with Crippen LogP contribution in [0.4, 0.5) is 5.82 Å². The number of nitrogens with zero attached hydrogens (tertiary/aromatic N) is 4. The van der Waals surface area contributed by atoms with E-state index in [-0.39, 0.29) is 0 Å². The first-order valence-electron chi connectivity index (χ1n) is 8.49. The molecule has 0 aliphatic carbocycles. The number of nitrogens with one attached hydrogen (secondary N) is 1. The number of aromatic amines is 1. The summed E-state index contributed by atoms with van der Waals surface area (Å²) in [6.07, 6.45) is 2.26. The van der Waals surface area contributed by atoms with Crippen LogP contribution in [0.1, 0.15) is 31.5 Å². The third-order valence-electron chi connectivity index (χ3n) is 4.46. The van der Waals surface area contributed by atoms with Gasteiger partial charge in [0, 0.05) is 25.1 Å². The molecule has 0 saturated carbocycles. The molecule has 0 bridgehead atoms. The Morgan fingerprint density at radius 3 is 2.92 bits per heavy atom. The number of hydrogen-bond acceptors (Lipinski definition) is 5. The third kappa shape index (κ3) is 2.91. The van der Waals surface area contributed by atoms with Crippen molar-refractivity contribution in [1.82, 2.24) is 20.2 Å². The summed E-state index contributed by atoms with van der Waals surface area (Å²) >= 11 is 0. The number of rotatable bonds is 4. The van der Waals surface area contributed by atoms with E-state index in [0.717, 1.165) is 48.6 Å². The van der Waals surface area contributed by atoms with Crippen molar-refractivity contribution in [2.75, 3.05) is 24.6 Å². The van der Waals surface area contributed by atoms with Gasteiger partial charge >= 0.3 is 0 Å². The molecule has 1 saturated heterocycles. The van der Waals surface area contributed by atoms with Gasteiger partial charge in [-0.05, 0) is 38.0 Å². The van der Waals surface area contributed by atoms with Crippen LogP contribution in [-0.4, -0.2) is 39.9 Å². The van der Waals surface area contributed by atoms with Crippen LogP contribution in [-0.2, 0) is 0 Å². The van der Waals surface area contributed by atoms with Crippen molar-refractivity contribution in [3.8, 4) is 5.88 Å². The lowest BCUT2D eigenvalue weighted by molar-refractivity contribution is 0.322. The number of aromatic nitrogens is 4. The summed E-state index contributed by atoms with van der Waals surface area (Å²) in [6, 6.07) is 12.1. The zero-order chi connectivity index (χ0) is 16.4. The van der Waals surface area contributed by atoms with Gasteiger partial charge in [0.25, 0.3) is 0 Å². The lowest BCUT2D eigenvalue weighted by Gasteiger charge is -2.32. The van der Waals surface area contributed by atoms with E-state index in [1.54, 1.807) is 0 Å². The van der Waals surface area contributed by atoms with E-state index in [2.05, 4.69) is 26.1 Å². The van der Waals surface area contributed by atoms with Crippen molar-refractivity contribution in [3.05, 3.63) is 42.2 Å². The molecule has 1 aliphatic rings. The number of benzene rings is 1. The van der Waals surface area contributed by atoms with Crippen LogP contribution in [0.3, 0.4) is 0 Å². The number of ether oxygens (including phenoxy) is 1. The standard InChI is InChI=1S/C18H21N5O/c1-2-24-17-10-9-16(21-22-17)23-11-5-6-13(12-23)18-19-14-7-3-4-8-15(14)20-18/h3-4,7-10,13H,2,5-6,11-12H2,1H3,(H,19,20)/t13-/m0/s1. The Kier molecular flexibility index (Phi) is 4.02. The smallest absolute Gasteiger partial charge is 0.233 e. The van der Waals surface area contributed by atoms with Gasteiger partial charge in [-0.2, -0.15) is 0 Å². The number of H-pyrrole nitrogens is 1. The number of piperidine rings is 1. The van der Waals surface area contributed by atoms with Crippen LogP contribution < -0.4 is 9.64 Å². The molecule has 0 spiro atoms. The maximum absolute atomic E-state index is 5.37. The Hall–Kier alpha value is -2.63. The predicted molar refractivity (Wildman–Crippen MR) is 93.5 cm³/mol. The van der Waals surface area contributed by atoms with E-state index < -0.39 is 0 Å². The average molecular weight is 323 g/mol. The van der Waals surface area contributed by atoms with Crippen LogP contribution >= 0.6 is 0 Å². The van der Waals surface area contributed by atoms with Gasteiger partial charge in [-0.15, -0.1) is 10.2 Å². The van der Waals surface area contributed by atoms with E-state index in [0.29, 0.717) is 18.4 Å². The van der Waals surface area contributed by atoms with E-state index in [4.69, 9.17) is 9.72 Å². The summed E-state index contributed by atoms with van der Waals surface area (Å²) in [7, 11) is 0. The molecule has 6 heteroatoms. The highest BCUT2D eigenvalue weighted by atomic mass is 16.5. The number of para-hydroxylation sites is 2. The minimum atomic E-state index is 0.388. The molecule has 0 amide bonds. The van der Waals surface area contributed by atoms with Crippen molar-refractivity contribution in [2.45, 2.75) is 25.7 Å². The van der Waals surface area contributed by atoms with Crippen LogP contribution in [0.25, 0.3) is 11.0 Å². The van der Waals surface area contributed by atoms with Gasteiger partial charge in [0.05, 0.1) is 17.6 Å². The van der Waals surface area contributed by atoms with Gasteiger partial charge < -0.3 is 14.6 Å². The van der Waals surface area contributed by atoms with Crippen molar-refractivity contribution < 1.29 is 4.74 Å². The second-order valence-electron chi connectivity index (χ2n) is 6.09. The van der Waals surface area contributed by atoms with Crippen molar-refractivity contribution in [2.24, 2.45) is 0 Å². The molecule has 6 nitrogen and oxygen atoms in total. The van der Waals surface area contributed by atoms with Crippen LogP contribution in [0.2, 0.25) is 0 Å². The van der Waals surface area contributed by atoms with Gasteiger partial charge in [-0.1, -0.05) is 12.1 Å². The van der Waals surface area contributed by atoms with Gasteiger partial charge in [0.15, 0.2) is 5.82 Å². The fourth-order valence-corrected chi connectivity index (χ4v) is 3.28. The lowest BCUT2D eigenvalue weighted by Crippen LogP contribution is -2.35. The van der Waals surface area contributed by atoms with Crippen LogP contribution in [0.5, 0.6) is 5.88 Å².